The van der Waals surface area contributed by atoms with E-state index in [4.69, 9.17) is 11.6 Å². The number of carbonyl (C=O) groups is 1. The Kier molecular flexibility index (Phi) is 4.63. The van der Waals surface area contributed by atoms with Crippen LogP contribution in [-0.4, -0.2) is 22.0 Å². The number of nitrogens with one attached hydrogen (secondary N) is 1. The van der Waals surface area contributed by atoms with Gasteiger partial charge in [0.05, 0.1) is 11.0 Å². The predicted molar refractivity (Wildman–Crippen MR) is 92.8 cm³/mol. The van der Waals surface area contributed by atoms with Crippen molar-refractivity contribution in [3.63, 3.8) is 0 Å². The van der Waals surface area contributed by atoms with Gasteiger partial charge in [-0.25, -0.2) is 4.98 Å². The molecule has 23 heavy (non-hydrogen) atoms. The molecule has 0 aliphatic heterocycles. The molecule has 0 fully saturated rings. The minimum atomic E-state index is -0.0772. The van der Waals surface area contributed by atoms with Crippen LogP contribution < -0.4 is 5.32 Å². The molecule has 0 bridgehead atoms. The van der Waals surface area contributed by atoms with E-state index in [0.717, 1.165) is 29.7 Å². The Balaban J connectivity index is 1.54. The summed E-state index contributed by atoms with van der Waals surface area (Å²) >= 11 is 5.82. The third-order valence-electron chi connectivity index (χ3n) is 3.85. The molecule has 4 nitrogen and oxygen atoms in total. The number of hydrogen-bond donors (Lipinski definition) is 1. The zero-order valence-corrected chi connectivity index (χ0v) is 13.7. The van der Waals surface area contributed by atoms with Gasteiger partial charge in [-0.05, 0) is 42.8 Å². The Hall–Kier alpha value is -2.33. The molecule has 118 valence electrons. The summed E-state index contributed by atoms with van der Waals surface area (Å²) in [5, 5.41) is 3.55. The Morgan fingerprint density at radius 1 is 1.17 bits per heavy atom. The first-order chi connectivity index (χ1) is 11.1. The van der Waals surface area contributed by atoms with Gasteiger partial charge >= 0.3 is 0 Å². The first-order valence-corrected chi connectivity index (χ1v) is 7.97. The molecule has 0 radical (unpaired) electrons. The number of halogens is 1. The zero-order valence-electron chi connectivity index (χ0n) is 12.9. The number of hydrogen-bond acceptors (Lipinski definition) is 2. The summed E-state index contributed by atoms with van der Waals surface area (Å²) in [7, 11) is 2.02. The Bertz CT molecular complexity index is 824. The highest BCUT2D eigenvalue weighted by Gasteiger charge is 2.08. The van der Waals surface area contributed by atoms with Crippen LogP contribution in [0.25, 0.3) is 11.0 Å². The van der Waals surface area contributed by atoms with E-state index >= 15 is 0 Å². The number of aromatic nitrogens is 2. The number of aryl methyl sites for hydroxylation is 2. The molecule has 1 amide bonds. The molecule has 0 atom stereocenters. The van der Waals surface area contributed by atoms with Gasteiger partial charge in [-0.3, -0.25) is 4.79 Å². The molecule has 1 heterocycles. The number of nitrogens with zero attached hydrogens (tertiary/aromatic N) is 2. The van der Waals surface area contributed by atoms with Gasteiger partial charge in [0.15, 0.2) is 0 Å². The van der Waals surface area contributed by atoms with Gasteiger partial charge in [-0.15, -0.1) is 0 Å². The van der Waals surface area contributed by atoms with Crippen molar-refractivity contribution >= 4 is 28.5 Å². The fourth-order valence-electron chi connectivity index (χ4n) is 2.57. The minimum Gasteiger partial charge on any atom is -0.352 e. The highest BCUT2D eigenvalue weighted by atomic mass is 35.5. The van der Waals surface area contributed by atoms with Crippen LogP contribution in [0, 0.1) is 0 Å². The molecule has 2 aromatic carbocycles. The van der Waals surface area contributed by atoms with E-state index in [2.05, 4.69) is 20.9 Å². The van der Waals surface area contributed by atoms with Gasteiger partial charge < -0.3 is 9.88 Å². The highest BCUT2D eigenvalue weighted by Crippen LogP contribution is 2.15. The van der Waals surface area contributed by atoms with Crippen molar-refractivity contribution in [2.24, 2.45) is 7.05 Å². The molecule has 1 aromatic heterocycles. The van der Waals surface area contributed by atoms with Gasteiger partial charge in [0, 0.05) is 30.6 Å². The minimum absolute atomic E-state index is 0.0772. The van der Waals surface area contributed by atoms with Crippen LogP contribution in [0.15, 0.2) is 48.5 Å². The lowest BCUT2D eigenvalue weighted by Crippen LogP contribution is -2.24. The number of carbonyl (C=O) groups excluding carboxylic acids is 1. The molecule has 0 saturated carbocycles. The maximum Gasteiger partial charge on any atom is 0.251 e. The summed E-state index contributed by atoms with van der Waals surface area (Å²) in [4.78, 5) is 16.6. The Labute approximate surface area is 140 Å². The van der Waals surface area contributed by atoms with Gasteiger partial charge in [-0.2, -0.15) is 0 Å². The van der Waals surface area contributed by atoms with Crippen molar-refractivity contribution in [3.05, 3.63) is 64.9 Å². The molecule has 0 aliphatic rings. The summed E-state index contributed by atoms with van der Waals surface area (Å²) in [6, 6.07) is 15.0. The first-order valence-electron chi connectivity index (χ1n) is 7.59. The van der Waals surface area contributed by atoms with Crippen molar-refractivity contribution < 1.29 is 4.79 Å². The predicted octanol–water partition coefficient (Wildman–Crippen LogP) is 3.59. The SMILES string of the molecule is Cn1c(CCCNC(=O)c2ccc(Cl)cc2)nc2ccccc21. The quantitative estimate of drug-likeness (QED) is 0.728. The second kappa shape index (κ2) is 6.84. The molecular weight excluding hydrogens is 310 g/mol. The van der Waals surface area contributed by atoms with E-state index in [1.54, 1.807) is 24.3 Å². The first kappa shape index (κ1) is 15.6. The van der Waals surface area contributed by atoms with E-state index < -0.39 is 0 Å². The van der Waals surface area contributed by atoms with Crippen LogP contribution in [-0.2, 0) is 13.5 Å². The second-order valence-electron chi connectivity index (χ2n) is 5.44. The van der Waals surface area contributed by atoms with E-state index in [1.807, 2.05) is 25.2 Å². The van der Waals surface area contributed by atoms with Gasteiger partial charge in [0.25, 0.3) is 5.91 Å². The molecule has 0 spiro atoms. The molecule has 0 aliphatic carbocycles. The number of para-hydroxylation sites is 2. The molecule has 0 saturated heterocycles. The van der Waals surface area contributed by atoms with Crippen LogP contribution in [0.1, 0.15) is 22.6 Å². The van der Waals surface area contributed by atoms with E-state index in [1.165, 1.54) is 0 Å². The Morgan fingerprint density at radius 2 is 1.91 bits per heavy atom. The number of imidazole rings is 1. The normalized spacial score (nSPS) is 10.9. The fourth-order valence-corrected chi connectivity index (χ4v) is 2.70. The topological polar surface area (TPSA) is 46.9 Å². The van der Waals surface area contributed by atoms with Crippen molar-refractivity contribution in [3.8, 4) is 0 Å². The summed E-state index contributed by atoms with van der Waals surface area (Å²) in [6.45, 7) is 0.616. The lowest BCUT2D eigenvalue weighted by molar-refractivity contribution is 0.0953. The summed E-state index contributed by atoms with van der Waals surface area (Å²) in [6.07, 6.45) is 1.67. The van der Waals surface area contributed by atoms with Crippen LogP contribution in [0.3, 0.4) is 0 Å². The Morgan fingerprint density at radius 3 is 2.65 bits per heavy atom. The molecule has 5 heteroatoms. The van der Waals surface area contributed by atoms with Crippen LogP contribution in [0.5, 0.6) is 0 Å². The number of benzene rings is 2. The van der Waals surface area contributed by atoms with Gasteiger partial charge in [0.1, 0.15) is 5.82 Å². The van der Waals surface area contributed by atoms with E-state index in [0.29, 0.717) is 17.1 Å². The second-order valence-corrected chi connectivity index (χ2v) is 5.88. The molecule has 1 N–H and O–H groups in total. The van der Waals surface area contributed by atoms with Crippen molar-refractivity contribution in [1.29, 1.82) is 0 Å². The zero-order chi connectivity index (χ0) is 16.2. The smallest absolute Gasteiger partial charge is 0.251 e. The van der Waals surface area contributed by atoms with Crippen molar-refractivity contribution in [2.75, 3.05) is 6.54 Å². The standard InChI is InChI=1S/C18H18ClN3O/c1-22-16-6-3-2-5-15(16)21-17(22)7-4-12-20-18(23)13-8-10-14(19)11-9-13/h2-3,5-6,8-11H,4,7,12H2,1H3,(H,20,23). The summed E-state index contributed by atoms with van der Waals surface area (Å²) in [5.74, 6) is 0.957. The monoisotopic (exact) mass is 327 g/mol. The van der Waals surface area contributed by atoms with Crippen molar-refractivity contribution in [2.45, 2.75) is 12.8 Å². The van der Waals surface area contributed by atoms with Crippen LogP contribution in [0.2, 0.25) is 5.02 Å². The van der Waals surface area contributed by atoms with Crippen molar-refractivity contribution in [1.82, 2.24) is 14.9 Å². The molecule has 3 rings (SSSR count). The fraction of sp³-hybridized carbons (Fsp3) is 0.222. The van der Waals surface area contributed by atoms with Crippen LogP contribution >= 0.6 is 11.6 Å². The summed E-state index contributed by atoms with van der Waals surface area (Å²) < 4.78 is 2.11. The molecule has 3 aromatic rings. The van der Waals surface area contributed by atoms with Crippen LogP contribution in [0.4, 0.5) is 0 Å². The largest absolute Gasteiger partial charge is 0.352 e. The maximum absolute atomic E-state index is 12.0. The maximum atomic E-state index is 12.0. The number of amides is 1. The average Bonchev–Trinajstić information content (AvgIpc) is 2.89. The third kappa shape index (κ3) is 3.54. The van der Waals surface area contributed by atoms with Gasteiger partial charge in [0.2, 0.25) is 0 Å². The van der Waals surface area contributed by atoms with E-state index in [-0.39, 0.29) is 5.91 Å². The van der Waals surface area contributed by atoms with Gasteiger partial charge in [-0.1, -0.05) is 23.7 Å². The highest BCUT2D eigenvalue weighted by molar-refractivity contribution is 6.30. The molecular formula is C18H18ClN3O. The summed E-state index contributed by atoms with van der Waals surface area (Å²) in [5.41, 5.74) is 2.76. The molecule has 0 unspecified atom stereocenters. The lowest BCUT2D eigenvalue weighted by Gasteiger charge is -2.06. The number of fused-ring (bicyclic) bond motifs is 1. The van der Waals surface area contributed by atoms with E-state index in [9.17, 15) is 4.79 Å². The number of rotatable bonds is 5. The third-order valence-corrected chi connectivity index (χ3v) is 4.10. The lowest BCUT2D eigenvalue weighted by atomic mass is 10.2. The average molecular weight is 328 g/mol.